The van der Waals surface area contributed by atoms with Crippen molar-refractivity contribution in [1.29, 1.82) is 0 Å². The number of carbonyl (C=O) groups is 3. The van der Waals surface area contributed by atoms with E-state index in [0.717, 1.165) is 12.8 Å². The van der Waals surface area contributed by atoms with E-state index in [2.05, 4.69) is 15.8 Å². The van der Waals surface area contributed by atoms with E-state index in [9.17, 15) is 14.4 Å². The lowest BCUT2D eigenvalue weighted by Crippen LogP contribution is -2.41. The Balaban J connectivity index is 1.72. The first kappa shape index (κ1) is 18.4. The van der Waals surface area contributed by atoms with Gasteiger partial charge in [0.1, 0.15) is 5.75 Å². The number of nitrogens with zero attached hydrogens (tertiary/aromatic N) is 1. The van der Waals surface area contributed by atoms with Crippen molar-refractivity contribution < 1.29 is 29.0 Å². The molecule has 1 aliphatic heterocycles. The highest BCUT2D eigenvalue weighted by Gasteiger charge is 2.18. The van der Waals surface area contributed by atoms with Gasteiger partial charge in [-0.05, 0) is 42.7 Å². The van der Waals surface area contributed by atoms with Crippen molar-refractivity contribution in [3.8, 4) is 5.75 Å². The molecule has 2 rings (SSSR count). The monoisotopic (exact) mass is 349 g/mol. The predicted molar refractivity (Wildman–Crippen MR) is 87.3 cm³/mol. The number of carboxylic acids is 1. The largest absolute Gasteiger partial charge is 0.482 e. The molecule has 1 aromatic rings. The molecular weight excluding hydrogens is 330 g/mol. The van der Waals surface area contributed by atoms with Crippen molar-refractivity contribution in [1.82, 2.24) is 10.7 Å². The van der Waals surface area contributed by atoms with Gasteiger partial charge < -0.3 is 19.9 Å². The molecule has 0 saturated carbocycles. The van der Waals surface area contributed by atoms with Gasteiger partial charge in [-0.1, -0.05) is 0 Å². The molecular formula is C16H19N3O6. The van der Waals surface area contributed by atoms with Crippen molar-refractivity contribution >= 4 is 24.0 Å². The second-order valence-corrected chi connectivity index (χ2v) is 5.30. The summed E-state index contributed by atoms with van der Waals surface area (Å²) in [7, 11) is 0. The Bertz CT molecular complexity index is 638. The number of ether oxygens (including phenoxy) is 2. The normalized spacial score (nSPS) is 16.6. The van der Waals surface area contributed by atoms with Gasteiger partial charge in [0.05, 0.1) is 12.3 Å². The second kappa shape index (κ2) is 9.38. The lowest BCUT2D eigenvalue weighted by molar-refractivity contribution is -0.139. The average Bonchev–Trinajstić information content (AvgIpc) is 3.12. The smallest absolute Gasteiger partial charge is 0.341 e. The average molecular weight is 349 g/mol. The van der Waals surface area contributed by atoms with Crippen LogP contribution in [-0.4, -0.2) is 55.0 Å². The quantitative estimate of drug-likeness (QED) is 0.358. The standard InChI is InChI=1S/C16H19N3O6/c20-14(21)10-25-12-5-3-11(4-6-12)8-18-19-16(23)15(22)17-9-13-2-1-7-24-13/h3-6,8,13H,1-2,7,9-10H2,(H,17,22)(H,19,23)(H,20,21)/b18-8-/t13-/m0/s1. The fraction of sp³-hybridized carbons (Fsp3) is 0.375. The van der Waals surface area contributed by atoms with Crippen molar-refractivity contribution in [2.24, 2.45) is 5.10 Å². The van der Waals surface area contributed by atoms with E-state index in [1.807, 2.05) is 0 Å². The Hall–Kier alpha value is -2.94. The molecule has 0 spiro atoms. The number of hydrazone groups is 1. The Morgan fingerprint density at radius 2 is 2.04 bits per heavy atom. The zero-order chi connectivity index (χ0) is 18.1. The summed E-state index contributed by atoms with van der Waals surface area (Å²) < 4.78 is 10.3. The van der Waals surface area contributed by atoms with Crippen LogP contribution in [0.5, 0.6) is 5.75 Å². The van der Waals surface area contributed by atoms with Crippen molar-refractivity contribution in [2.45, 2.75) is 18.9 Å². The topological polar surface area (TPSA) is 126 Å². The molecule has 1 saturated heterocycles. The molecule has 0 bridgehead atoms. The molecule has 1 aromatic carbocycles. The van der Waals surface area contributed by atoms with E-state index < -0.39 is 24.4 Å². The molecule has 1 atom stereocenters. The van der Waals surface area contributed by atoms with E-state index in [1.54, 1.807) is 24.3 Å². The van der Waals surface area contributed by atoms with Crippen LogP contribution in [-0.2, 0) is 19.1 Å². The lowest BCUT2D eigenvalue weighted by atomic mass is 10.2. The molecule has 1 fully saturated rings. The Morgan fingerprint density at radius 1 is 1.28 bits per heavy atom. The van der Waals surface area contributed by atoms with Crippen molar-refractivity contribution in [3.05, 3.63) is 29.8 Å². The Labute approximate surface area is 144 Å². The van der Waals surface area contributed by atoms with Gasteiger partial charge in [-0.3, -0.25) is 9.59 Å². The first-order chi connectivity index (χ1) is 12.0. The van der Waals surface area contributed by atoms with Crippen LogP contribution in [0.4, 0.5) is 0 Å². The molecule has 0 unspecified atom stereocenters. The number of carbonyl (C=O) groups excluding carboxylic acids is 2. The van der Waals surface area contributed by atoms with Crippen LogP contribution >= 0.6 is 0 Å². The van der Waals surface area contributed by atoms with Gasteiger partial charge >= 0.3 is 17.8 Å². The van der Waals surface area contributed by atoms with Gasteiger partial charge in [-0.15, -0.1) is 0 Å². The van der Waals surface area contributed by atoms with E-state index in [-0.39, 0.29) is 6.10 Å². The minimum Gasteiger partial charge on any atom is -0.482 e. The zero-order valence-electron chi connectivity index (χ0n) is 13.4. The predicted octanol–water partition coefficient (Wildman–Crippen LogP) is -0.105. The first-order valence-corrected chi connectivity index (χ1v) is 7.72. The number of hydrogen-bond acceptors (Lipinski definition) is 6. The molecule has 0 aromatic heterocycles. The third-order valence-electron chi connectivity index (χ3n) is 3.34. The molecule has 1 heterocycles. The summed E-state index contributed by atoms with van der Waals surface area (Å²) in [6, 6.07) is 6.40. The summed E-state index contributed by atoms with van der Waals surface area (Å²) in [5.74, 6) is -2.30. The van der Waals surface area contributed by atoms with Crippen LogP contribution in [0.2, 0.25) is 0 Å². The van der Waals surface area contributed by atoms with E-state index in [4.69, 9.17) is 14.6 Å². The molecule has 0 radical (unpaired) electrons. The summed E-state index contributed by atoms with van der Waals surface area (Å²) in [5, 5.41) is 14.7. The highest BCUT2D eigenvalue weighted by Crippen LogP contribution is 2.11. The number of benzene rings is 1. The highest BCUT2D eigenvalue weighted by atomic mass is 16.5. The first-order valence-electron chi connectivity index (χ1n) is 7.72. The summed E-state index contributed by atoms with van der Waals surface area (Å²) in [4.78, 5) is 33.6. The maximum Gasteiger partial charge on any atom is 0.341 e. The van der Waals surface area contributed by atoms with Gasteiger partial charge in [-0.2, -0.15) is 5.10 Å². The molecule has 9 nitrogen and oxygen atoms in total. The number of carboxylic acid groups (broad SMARTS) is 1. The molecule has 25 heavy (non-hydrogen) atoms. The number of hydrogen-bond donors (Lipinski definition) is 3. The third-order valence-corrected chi connectivity index (χ3v) is 3.34. The van der Waals surface area contributed by atoms with Crippen LogP contribution in [0, 0.1) is 0 Å². The SMILES string of the molecule is O=C(O)COc1ccc(/C=N\NC(=O)C(=O)NC[C@@H]2CCCO2)cc1. The Kier molecular flexibility index (Phi) is 6.90. The lowest BCUT2D eigenvalue weighted by Gasteiger charge is -2.09. The summed E-state index contributed by atoms with van der Waals surface area (Å²) in [6.45, 7) is 0.551. The minimum atomic E-state index is -1.06. The minimum absolute atomic E-state index is 0.0397. The van der Waals surface area contributed by atoms with Gasteiger partial charge in [0.15, 0.2) is 6.61 Å². The molecule has 2 amide bonds. The molecule has 1 aliphatic rings. The third kappa shape index (κ3) is 6.60. The fourth-order valence-corrected chi connectivity index (χ4v) is 2.10. The van der Waals surface area contributed by atoms with Crippen molar-refractivity contribution in [3.63, 3.8) is 0 Å². The Morgan fingerprint density at radius 3 is 2.68 bits per heavy atom. The number of aliphatic carboxylic acids is 1. The summed E-state index contributed by atoms with van der Waals surface area (Å²) in [5.41, 5.74) is 2.77. The molecule has 134 valence electrons. The molecule has 9 heteroatoms. The van der Waals surface area contributed by atoms with E-state index >= 15 is 0 Å². The van der Waals surface area contributed by atoms with Crippen LogP contribution in [0.3, 0.4) is 0 Å². The summed E-state index contributed by atoms with van der Waals surface area (Å²) >= 11 is 0. The number of amides is 2. The van der Waals surface area contributed by atoms with Gasteiger partial charge in [0.2, 0.25) is 0 Å². The van der Waals surface area contributed by atoms with E-state index in [1.165, 1.54) is 6.21 Å². The van der Waals surface area contributed by atoms with Crippen LogP contribution in [0.1, 0.15) is 18.4 Å². The second-order valence-electron chi connectivity index (χ2n) is 5.30. The summed E-state index contributed by atoms with van der Waals surface area (Å²) in [6.07, 6.45) is 3.14. The molecule has 3 N–H and O–H groups in total. The highest BCUT2D eigenvalue weighted by molar-refractivity contribution is 6.35. The molecule has 0 aliphatic carbocycles. The van der Waals surface area contributed by atoms with Crippen molar-refractivity contribution in [2.75, 3.05) is 19.8 Å². The van der Waals surface area contributed by atoms with Gasteiger partial charge in [0.25, 0.3) is 0 Å². The number of rotatable bonds is 7. The maximum absolute atomic E-state index is 11.6. The van der Waals surface area contributed by atoms with Gasteiger partial charge in [-0.25, -0.2) is 10.2 Å². The van der Waals surface area contributed by atoms with Crippen LogP contribution < -0.4 is 15.5 Å². The van der Waals surface area contributed by atoms with E-state index in [0.29, 0.717) is 24.5 Å². The van der Waals surface area contributed by atoms with Crippen LogP contribution in [0.15, 0.2) is 29.4 Å². The van der Waals surface area contributed by atoms with Gasteiger partial charge in [0, 0.05) is 13.2 Å². The van der Waals surface area contributed by atoms with Crippen LogP contribution in [0.25, 0.3) is 0 Å². The number of nitrogens with one attached hydrogen (secondary N) is 2. The maximum atomic E-state index is 11.6. The fourth-order valence-electron chi connectivity index (χ4n) is 2.10. The zero-order valence-corrected chi connectivity index (χ0v) is 13.4.